The van der Waals surface area contributed by atoms with Crippen molar-refractivity contribution >= 4 is 23.2 Å². The molecule has 1 fully saturated rings. The number of halogens is 1. The zero-order valence-corrected chi connectivity index (χ0v) is 17.5. The number of carbonyl (C=O) groups excluding carboxylic acids is 1. The highest BCUT2D eigenvalue weighted by Crippen LogP contribution is 2.23. The van der Waals surface area contributed by atoms with Gasteiger partial charge in [0.15, 0.2) is 6.61 Å². The predicted octanol–water partition coefficient (Wildman–Crippen LogP) is 3.66. The maximum atomic E-state index is 12.3. The van der Waals surface area contributed by atoms with Gasteiger partial charge in [-0.05, 0) is 43.7 Å². The number of para-hydroxylation sites is 1. The molecule has 0 radical (unpaired) electrons. The minimum Gasteiger partial charge on any atom is -0.483 e. The van der Waals surface area contributed by atoms with Gasteiger partial charge in [0.1, 0.15) is 5.75 Å². The van der Waals surface area contributed by atoms with E-state index in [-0.39, 0.29) is 12.5 Å². The van der Waals surface area contributed by atoms with E-state index in [0.29, 0.717) is 6.54 Å². The fourth-order valence-electron chi connectivity index (χ4n) is 4.04. The molecule has 5 nitrogen and oxygen atoms in total. The Kier molecular flexibility index (Phi) is 6.57. The molecule has 1 saturated heterocycles. The number of hydrogen-bond donors (Lipinski definition) is 0. The zero-order chi connectivity index (χ0) is 20.1. The van der Waals surface area contributed by atoms with Crippen LogP contribution < -0.4 is 9.64 Å². The van der Waals surface area contributed by atoms with Crippen molar-refractivity contribution in [3.05, 3.63) is 59.1 Å². The Hall–Kier alpha value is -2.24. The van der Waals surface area contributed by atoms with Crippen molar-refractivity contribution in [1.82, 2.24) is 9.80 Å². The summed E-state index contributed by atoms with van der Waals surface area (Å²) < 4.78 is 5.63. The third kappa shape index (κ3) is 5.22. The molecule has 0 spiro atoms. The Balaban J connectivity index is 1.19. The maximum absolute atomic E-state index is 12.3. The van der Waals surface area contributed by atoms with Crippen molar-refractivity contribution < 1.29 is 9.53 Å². The van der Waals surface area contributed by atoms with Gasteiger partial charge in [0.05, 0.1) is 0 Å². The Morgan fingerprint density at radius 2 is 1.72 bits per heavy atom. The van der Waals surface area contributed by atoms with Crippen LogP contribution in [0.5, 0.6) is 5.75 Å². The van der Waals surface area contributed by atoms with Gasteiger partial charge in [0.25, 0.3) is 5.91 Å². The quantitative estimate of drug-likeness (QED) is 0.677. The first kappa shape index (κ1) is 20.0. The van der Waals surface area contributed by atoms with Crippen LogP contribution in [0.4, 0.5) is 5.69 Å². The van der Waals surface area contributed by atoms with Gasteiger partial charge in [-0.3, -0.25) is 9.69 Å². The minimum atomic E-state index is 0.0799. The van der Waals surface area contributed by atoms with Crippen molar-refractivity contribution in [1.29, 1.82) is 0 Å². The fourth-order valence-corrected chi connectivity index (χ4v) is 4.23. The fraction of sp³-hybridized carbons (Fsp3) is 0.435. The van der Waals surface area contributed by atoms with Crippen LogP contribution in [0.2, 0.25) is 5.02 Å². The molecule has 2 aliphatic rings. The number of piperazine rings is 1. The Morgan fingerprint density at radius 1 is 0.931 bits per heavy atom. The lowest BCUT2D eigenvalue weighted by molar-refractivity contribution is -0.133. The molecule has 0 aliphatic carbocycles. The molecule has 0 unspecified atom stereocenters. The number of amides is 1. The summed E-state index contributed by atoms with van der Waals surface area (Å²) >= 11 is 6.12. The van der Waals surface area contributed by atoms with Crippen LogP contribution in [0, 0.1) is 0 Å². The molecular weight excluding hydrogens is 386 g/mol. The summed E-state index contributed by atoms with van der Waals surface area (Å²) in [4.78, 5) is 19.2. The van der Waals surface area contributed by atoms with E-state index in [9.17, 15) is 4.79 Å². The summed E-state index contributed by atoms with van der Waals surface area (Å²) in [6.07, 6.45) is 2.12. The Labute approximate surface area is 177 Å². The van der Waals surface area contributed by atoms with Gasteiger partial charge in [0.2, 0.25) is 0 Å². The second kappa shape index (κ2) is 9.51. The van der Waals surface area contributed by atoms with Crippen LogP contribution in [0.3, 0.4) is 0 Å². The van der Waals surface area contributed by atoms with Crippen molar-refractivity contribution in [3.63, 3.8) is 0 Å². The lowest BCUT2D eigenvalue weighted by atomic mass is 10.2. The lowest BCUT2D eigenvalue weighted by Gasteiger charge is -2.36. The van der Waals surface area contributed by atoms with Crippen LogP contribution in [-0.2, 0) is 11.3 Å². The van der Waals surface area contributed by atoms with Crippen LogP contribution in [-0.4, -0.2) is 61.6 Å². The predicted molar refractivity (Wildman–Crippen MR) is 117 cm³/mol. The summed E-state index contributed by atoms with van der Waals surface area (Å²) in [6, 6.07) is 16.0. The first-order valence-corrected chi connectivity index (χ1v) is 10.8. The number of anilines is 1. The highest BCUT2D eigenvalue weighted by molar-refractivity contribution is 6.30. The first-order chi connectivity index (χ1) is 14.2. The number of rotatable bonds is 6. The molecule has 0 aromatic heterocycles. The molecule has 0 atom stereocenters. The molecule has 29 heavy (non-hydrogen) atoms. The van der Waals surface area contributed by atoms with E-state index in [2.05, 4.69) is 15.9 Å². The van der Waals surface area contributed by atoms with E-state index >= 15 is 0 Å². The average Bonchev–Trinajstić information content (AvgIpc) is 2.91. The molecule has 2 aromatic rings. The number of hydrogen-bond acceptors (Lipinski definition) is 4. The molecule has 0 saturated carbocycles. The second-order valence-corrected chi connectivity index (χ2v) is 8.16. The molecule has 2 aromatic carbocycles. The average molecular weight is 414 g/mol. The maximum Gasteiger partial charge on any atom is 0.260 e. The van der Waals surface area contributed by atoms with E-state index in [0.717, 1.165) is 68.4 Å². The topological polar surface area (TPSA) is 36.0 Å². The molecule has 1 amide bonds. The molecule has 0 N–H and O–H groups in total. The summed E-state index contributed by atoms with van der Waals surface area (Å²) in [5.41, 5.74) is 2.30. The number of ether oxygens (including phenoxy) is 1. The summed E-state index contributed by atoms with van der Waals surface area (Å²) in [7, 11) is 0. The van der Waals surface area contributed by atoms with Crippen molar-refractivity contribution in [2.24, 2.45) is 0 Å². The van der Waals surface area contributed by atoms with Gasteiger partial charge in [0, 0.05) is 55.5 Å². The molecule has 6 heteroatoms. The van der Waals surface area contributed by atoms with Gasteiger partial charge in [-0.2, -0.15) is 0 Å². The molecule has 0 bridgehead atoms. The number of carbonyl (C=O) groups is 1. The largest absolute Gasteiger partial charge is 0.483 e. The minimum absolute atomic E-state index is 0.0799. The van der Waals surface area contributed by atoms with Gasteiger partial charge in [-0.15, -0.1) is 0 Å². The van der Waals surface area contributed by atoms with E-state index < -0.39 is 0 Å². The molecule has 2 heterocycles. The molecule has 4 rings (SSSR count). The van der Waals surface area contributed by atoms with Gasteiger partial charge < -0.3 is 14.5 Å². The standard InChI is InChI=1S/C23H28ClN3O2/c24-20-7-5-8-21(16-20)26-14-12-25(13-15-26)10-3-4-11-27-17-19-6-1-2-9-22(19)29-18-23(27)28/h1-2,5-9,16H,3-4,10-15,17-18H2. The summed E-state index contributed by atoms with van der Waals surface area (Å²) in [6.45, 7) is 6.85. The van der Waals surface area contributed by atoms with Crippen molar-refractivity contribution in [3.8, 4) is 5.75 Å². The number of benzene rings is 2. The molecule has 2 aliphatic heterocycles. The van der Waals surface area contributed by atoms with E-state index in [1.54, 1.807) is 0 Å². The molecular formula is C23H28ClN3O2. The van der Waals surface area contributed by atoms with Crippen molar-refractivity contribution in [2.75, 3.05) is 50.8 Å². The van der Waals surface area contributed by atoms with Crippen LogP contribution in [0.15, 0.2) is 48.5 Å². The zero-order valence-electron chi connectivity index (χ0n) is 16.7. The molecule has 154 valence electrons. The second-order valence-electron chi connectivity index (χ2n) is 7.73. The van der Waals surface area contributed by atoms with Gasteiger partial charge in [-0.1, -0.05) is 35.9 Å². The number of nitrogens with zero attached hydrogens (tertiary/aromatic N) is 3. The van der Waals surface area contributed by atoms with Crippen LogP contribution in [0.25, 0.3) is 0 Å². The van der Waals surface area contributed by atoms with Crippen LogP contribution >= 0.6 is 11.6 Å². The van der Waals surface area contributed by atoms with Gasteiger partial charge in [-0.25, -0.2) is 0 Å². The van der Waals surface area contributed by atoms with E-state index in [1.807, 2.05) is 47.4 Å². The Bertz CT molecular complexity index is 836. The lowest BCUT2D eigenvalue weighted by Crippen LogP contribution is -2.46. The third-order valence-electron chi connectivity index (χ3n) is 5.74. The SMILES string of the molecule is O=C1COc2ccccc2CN1CCCCN1CCN(c2cccc(Cl)c2)CC1. The Morgan fingerprint density at radius 3 is 2.55 bits per heavy atom. The van der Waals surface area contributed by atoms with E-state index in [4.69, 9.17) is 16.3 Å². The third-order valence-corrected chi connectivity index (χ3v) is 5.97. The normalized spacial score (nSPS) is 17.6. The van der Waals surface area contributed by atoms with E-state index in [1.165, 1.54) is 5.69 Å². The first-order valence-electron chi connectivity index (χ1n) is 10.4. The smallest absolute Gasteiger partial charge is 0.260 e. The monoisotopic (exact) mass is 413 g/mol. The highest BCUT2D eigenvalue weighted by atomic mass is 35.5. The summed E-state index contributed by atoms with van der Waals surface area (Å²) in [5.74, 6) is 0.914. The highest BCUT2D eigenvalue weighted by Gasteiger charge is 2.21. The van der Waals surface area contributed by atoms with Crippen molar-refractivity contribution in [2.45, 2.75) is 19.4 Å². The van der Waals surface area contributed by atoms with Gasteiger partial charge >= 0.3 is 0 Å². The number of unbranched alkanes of at least 4 members (excludes halogenated alkanes) is 1. The van der Waals surface area contributed by atoms with Crippen LogP contribution in [0.1, 0.15) is 18.4 Å². The number of fused-ring (bicyclic) bond motifs is 1. The summed E-state index contributed by atoms with van der Waals surface area (Å²) in [5, 5.41) is 0.793.